The van der Waals surface area contributed by atoms with Gasteiger partial charge < -0.3 is 9.52 Å². The molecule has 0 saturated heterocycles. The van der Waals surface area contributed by atoms with E-state index in [0.717, 1.165) is 12.8 Å². The molecule has 0 radical (unpaired) electrons. The molecule has 0 aliphatic heterocycles. The largest absolute Gasteiger partial charge is 0.462 e. The molecule has 2 N–H and O–H groups in total. The van der Waals surface area contributed by atoms with E-state index in [1.54, 1.807) is 6.92 Å². The normalized spacial score (nSPS) is 18.9. The van der Waals surface area contributed by atoms with Gasteiger partial charge in [0.25, 0.3) is 0 Å². The first-order valence-corrected chi connectivity index (χ1v) is 8.15. The van der Waals surface area contributed by atoms with Crippen molar-refractivity contribution in [2.24, 2.45) is 5.92 Å². The molecule has 108 valence electrons. The van der Waals surface area contributed by atoms with Crippen molar-refractivity contribution in [2.75, 3.05) is 0 Å². The number of sulfonamides is 1. The minimum Gasteiger partial charge on any atom is -0.462 e. The van der Waals surface area contributed by atoms with Gasteiger partial charge >= 0.3 is 0 Å². The smallest absolute Gasteiger partial charge is 0.244 e. The predicted molar refractivity (Wildman–Crippen MR) is 71.1 cm³/mol. The highest BCUT2D eigenvalue weighted by Crippen LogP contribution is 2.29. The molecular formula is C13H21NO4S. The number of hydrogen-bond donors (Lipinski definition) is 2. The average Bonchev–Trinajstić information content (AvgIpc) is 2.96. The summed E-state index contributed by atoms with van der Waals surface area (Å²) in [6.45, 7) is 3.21. The van der Waals surface area contributed by atoms with Gasteiger partial charge in [0, 0.05) is 12.1 Å². The minimum atomic E-state index is -3.57. The van der Waals surface area contributed by atoms with E-state index >= 15 is 0 Å². The Morgan fingerprint density at radius 1 is 1.47 bits per heavy atom. The van der Waals surface area contributed by atoms with Crippen molar-refractivity contribution in [2.45, 2.75) is 57.1 Å². The van der Waals surface area contributed by atoms with Crippen LogP contribution in [0.1, 0.15) is 44.1 Å². The van der Waals surface area contributed by atoms with Crippen LogP contribution in [0.25, 0.3) is 0 Å². The van der Waals surface area contributed by atoms with Crippen LogP contribution in [0.4, 0.5) is 0 Å². The maximum atomic E-state index is 12.3. The van der Waals surface area contributed by atoms with Crippen molar-refractivity contribution in [3.8, 4) is 0 Å². The summed E-state index contributed by atoms with van der Waals surface area (Å²) in [5, 5.41) is 8.99. The number of aliphatic hydroxyl groups is 1. The van der Waals surface area contributed by atoms with Crippen molar-refractivity contribution >= 4 is 10.0 Å². The Morgan fingerprint density at radius 2 is 2.11 bits per heavy atom. The fraction of sp³-hybridized carbons (Fsp3) is 0.692. The van der Waals surface area contributed by atoms with Crippen LogP contribution in [-0.2, 0) is 16.6 Å². The van der Waals surface area contributed by atoms with Gasteiger partial charge in [-0.15, -0.1) is 0 Å². The molecule has 1 atom stereocenters. The highest BCUT2D eigenvalue weighted by molar-refractivity contribution is 7.89. The summed E-state index contributed by atoms with van der Waals surface area (Å²) >= 11 is 0. The summed E-state index contributed by atoms with van der Waals surface area (Å²) < 4.78 is 32.5. The van der Waals surface area contributed by atoms with Crippen LogP contribution < -0.4 is 4.72 Å². The van der Waals surface area contributed by atoms with E-state index in [2.05, 4.69) is 4.72 Å². The van der Waals surface area contributed by atoms with Crippen LogP contribution >= 0.6 is 0 Å². The Kier molecular flexibility index (Phi) is 4.32. The van der Waals surface area contributed by atoms with Gasteiger partial charge in [-0.25, -0.2) is 13.1 Å². The first-order chi connectivity index (χ1) is 8.94. The van der Waals surface area contributed by atoms with E-state index in [-0.39, 0.29) is 23.3 Å². The molecular weight excluding hydrogens is 266 g/mol. The number of hydrogen-bond acceptors (Lipinski definition) is 4. The summed E-state index contributed by atoms with van der Waals surface area (Å²) in [6.07, 6.45) is 4.51. The fourth-order valence-corrected chi connectivity index (χ4v) is 4.25. The molecule has 1 aliphatic carbocycles. The van der Waals surface area contributed by atoms with Crippen molar-refractivity contribution in [3.63, 3.8) is 0 Å². The summed E-state index contributed by atoms with van der Waals surface area (Å²) in [5.74, 6) is 1.00. The molecule has 1 aromatic rings. The molecule has 1 unspecified atom stereocenters. The van der Waals surface area contributed by atoms with E-state index in [4.69, 9.17) is 9.52 Å². The van der Waals surface area contributed by atoms with Gasteiger partial charge in [0.15, 0.2) is 0 Å². The predicted octanol–water partition coefficient (Wildman–Crippen LogP) is 1.94. The first kappa shape index (κ1) is 14.6. The molecule has 0 aromatic carbocycles. The van der Waals surface area contributed by atoms with Crippen LogP contribution in [0, 0.1) is 12.8 Å². The van der Waals surface area contributed by atoms with Crippen molar-refractivity contribution in [1.29, 1.82) is 0 Å². The van der Waals surface area contributed by atoms with E-state index in [0.29, 0.717) is 11.7 Å². The zero-order valence-electron chi connectivity index (χ0n) is 11.3. The van der Waals surface area contributed by atoms with Gasteiger partial charge in [0.1, 0.15) is 23.0 Å². The Morgan fingerprint density at radius 3 is 2.63 bits per heavy atom. The number of aryl methyl sites for hydroxylation is 1. The van der Waals surface area contributed by atoms with E-state index < -0.39 is 10.0 Å². The lowest BCUT2D eigenvalue weighted by atomic mass is 10.0. The van der Waals surface area contributed by atoms with Crippen LogP contribution in [0.5, 0.6) is 0 Å². The molecule has 1 aromatic heterocycles. The van der Waals surface area contributed by atoms with Gasteiger partial charge in [-0.1, -0.05) is 12.8 Å². The number of rotatable bonds is 5. The molecule has 0 amide bonds. The molecule has 19 heavy (non-hydrogen) atoms. The summed E-state index contributed by atoms with van der Waals surface area (Å²) in [6, 6.07) is 1.32. The number of nitrogens with one attached hydrogen (secondary N) is 1. The maximum Gasteiger partial charge on any atom is 0.244 e. The number of aliphatic hydroxyl groups excluding tert-OH is 1. The maximum absolute atomic E-state index is 12.3. The second-order valence-corrected chi connectivity index (χ2v) is 6.93. The van der Waals surface area contributed by atoms with E-state index in [9.17, 15) is 8.42 Å². The van der Waals surface area contributed by atoms with Crippen LogP contribution in [-0.4, -0.2) is 19.6 Å². The van der Waals surface area contributed by atoms with Crippen LogP contribution in [0.15, 0.2) is 15.4 Å². The van der Waals surface area contributed by atoms with Crippen molar-refractivity contribution < 1.29 is 17.9 Å². The molecule has 0 bridgehead atoms. The zero-order chi connectivity index (χ0) is 14.0. The third-order valence-corrected chi connectivity index (χ3v) is 5.48. The Hall–Kier alpha value is -0.850. The second kappa shape index (κ2) is 5.64. The first-order valence-electron chi connectivity index (χ1n) is 6.66. The number of furan rings is 1. The van der Waals surface area contributed by atoms with Crippen molar-refractivity contribution in [3.05, 3.63) is 17.6 Å². The Labute approximate surface area is 114 Å². The standard InChI is InChI=1S/C13H21NO4S/c1-9(11-5-3-4-6-11)14-19(16,17)13-7-12(8-15)18-10(13)2/h7,9,11,14-15H,3-6,8H2,1-2H3. The topological polar surface area (TPSA) is 79.5 Å². The lowest BCUT2D eigenvalue weighted by molar-refractivity contribution is 0.244. The zero-order valence-corrected chi connectivity index (χ0v) is 12.2. The van der Waals surface area contributed by atoms with Gasteiger partial charge in [0.2, 0.25) is 10.0 Å². The van der Waals surface area contributed by atoms with E-state index in [1.807, 2.05) is 6.92 Å². The van der Waals surface area contributed by atoms with Gasteiger partial charge in [-0.2, -0.15) is 0 Å². The molecule has 1 aliphatic rings. The van der Waals surface area contributed by atoms with Gasteiger partial charge in [-0.05, 0) is 32.6 Å². The van der Waals surface area contributed by atoms with Gasteiger partial charge in [-0.3, -0.25) is 0 Å². The SMILES string of the molecule is Cc1oc(CO)cc1S(=O)(=O)NC(C)C1CCCC1. The highest BCUT2D eigenvalue weighted by atomic mass is 32.2. The molecule has 5 nitrogen and oxygen atoms in total. The summed E-state index contributed by atoms with van der Waals surface area (Å²) in [4.78, 5) is 0.126. The molecule has 1 fully saturated rings. The minimum absolute atomic E-state index is 0.0700. The molecule has 1 saturated carbocycles. The Balaban J connectivity index is 2.14. The lowest BCUT2D eigenvalue weighted by Gasteiger charge is -2.19. The fourth-order valence-electron chi connectivity index (χ4n) is 2.73. The summed E-state index contributed by atoms with van der Waals surface area (Å²) in [5.41, 5.74) is 0. The third kappa shape index (κ3) is 3.19. The average molecular weight is 287 g/mol. The third-order valence-electron chi connectivity index (χ3n) is 3.82. The highest BCUT2D eigenvalue weighted by Gasteiger charge is 2.28. The lowest BCUT2D eigenvalue weighted by Crippen LogP contribution is -2.37. The van der Waals surface area contributed by atoms with E-state index in [1.165, 1.54) is 18.9 Å². The van der Waals surface area contributed by atoms with Gasteiger partial charge in [0.05, 0.1) is 0 Å². The van der Waals surface area contributed by atoms with Crippen LogP contribution in [0.2, 0.25) is 0 Å². The molecule has 1 heterocycles. The van der Waals surface area contributed by atoms with Crippen LogP contribution in [0.3, 0.4) is 0 Å². The second-order valence-electron chi connectivity index (χ2n) is 5.25. The monoisotopic (exact) mass is 287 g/mol. The Bertz CT molecular complexity index is 529. The molecule has 0 spiro atoms. The summed E-state index contributed by atoms with van der Waals surface area (Å²) in [7, 11) is -3.57. The molecule has 6 heteroatoms. The quantitative estimate of drug-likeness (QED) is 0.867. The molecule has 2 rings (SSSR count). The van der Waals surface area contributed by atoms with Crippen molar-refractivity contribution in [1.82, 2.24) is 4.72 Å².